The molecule has 84 valence electrons. The van der Waals surface area contributed by atoms with Crippen molar-refractivity contribution in [2.75, 3.05) is 20.3 Å². The van der Waals surface area contributed by atoms with Crippen LogP contribution in [0.25, 0.3) is 0 Å². The van der Waals surface area contributed by atoms with Crippen LogP contribution in [0.15, 0.2) is 0 Å². The summed E-state index contributed by atoms with van der Waals surface area (Å²) in [6.45, 7) is 2.37. The van der Waals surface area contributed by atoms with Crippen LogP contribution >= 0.6 is 0 Å². The summed E-state index contributed by atoms with van der Waals surface area (Å²) in [4.78, 5) is 22.2. The summed E-state index contributed by atoms with van der Waals surface area (Å²) in [5, 5.41) is 13.2. The molecule has 0 aromatic carbocycles. The molecule has 0 saturated carbocycles. The Kier molecular flexibility index (Phi) is 6.93. The Morgan fingerprint density at radius 2 is 2.20 bits per heavy atom. The Morgan fingerprint density at radius 1 is 1.53 bits per heavy atom. The molecule has 1 unspecified atom stereocenters. The number of methoxy groups -OCH3 is 1. The molecule has 6 nitrogen and oxygen atoms in total. The quantitative estimate of drug-likeness (QED) is 0.563. The molecule has 2 N–H and O–H groups in total. The first kappa shape index (κ1) is 13.4. The zero-order valence-electron chi connectivity index (χ0n) is 8.87. The topological polar surface area (TPSA) is 91.2 Å². The molecule has 0 aliphatic rings. The van der Waals surface area contributed by atoms with Crippen molar-refractivity contribution in [2.24, 2.45) is 0 Å². The first-order chi connectivity index (χ1) is 7.11. The number of hydrogen-bond acceptors (Lipinski definition) is 4. The predicted octanol–water partition coefficient (Wildman–Crippen LogP) is -0.833. The summed E-state index contributed by atoms with van der Waals surface area (Å²) in [6.07, 6.45) is -0.240. The molecule has 2 amide bonds. The number of amides is 2. The van der Waals surface area contributed by atoms with Gasteiger partial charge in [0.1, 0.15) is 12.5 Å². The van der Waals surface area contributed by atoms with E-state index in [1.54, 1.807) is 13.0 Å². The van der Waals surface area contributed by atoms with E-state index in [2.05, 4.69) is 10.6 Å². The second-order valence-electron chi connectivity index (χ2n) is 2.91. The zero-order chi connectivity index (χ0) is 11.7. The van der Waals surface area contributed by atoms with Crippen LogP contribution in [0.2, 0.25) is 0 Å². The summed E-state index contributed by atoms with van der Waals surface area (Å²) in [5.74, 6) is -0.745. The smallest absolute Gasteiger partial charge is 0.242 e. The Bertz CT molecular complexity index is 260. The lowest BCUT2D eigenvalue weighted by atomic mass is 10.3. The third kappa shape index (κ3) is 6.46. The van der Waals surface area contributed by atoms with Gasteiger partial charge in [-0.25, -0.2) is 0 Å². The molecule has 0 fully saturated rings. The molecule has 0 aromatic rings. The molecule has 0 saturated heterocycles. The standard InChI is InChI=1S/C9H15N3O3/c1-7(12-8(13)3-4-10)9(14)11-5-6-15-2/h7H,3,5-6H2,1-2H3,(H,11,14)(H,12,13). The van der Waals surface area contributed by atoms with E-state index in [4.69, 9.17) is 10.00 Å². The van der Waals surface area contributed by atoms with Gasteiger partial charge in [-0.1, -0.05) is 0 Å². The molecule has 0 aliphatic carbocycles. The highest BCUT2D eigenvalue weighted by Crippen LogP contribution is 1.84. The monoisotopic (exact) mass is 213 g/mol. The van der Waals surface area contributed by atoms with Crippen LogP contribution in [0.5, 0.6) is 0 Å². The van der Waals surface area contributed by atoms with Gasteiger partial charge in [-0.05, 0) is 6.92 Å². The molecule has 0 bridgehead atoms. The van der Waals surface area contributed by atoms with Crippen LogP contribution in [0.1, 0.15) is 13.3 Å². The van der Waals surface area contributed by atoms with Crippen molar-refractivity contribution in [1.82, 2.24) is 10.6 Å². The van der Waals surface area contributed by atoms with Gasteiger partial charge >= 0.3 is 0 Å². The maximum atomic E-state index is 11.3. The maximum Gasteiger partial charge on any atom is 0.242 e. The lowest BCUT2D eigenvalue weighted by Gasteiger charge is -2.12. The Balaban J connectivity index is 3.79. The highest BCUT2D eigenvalue weighted by atomic mass is 16.5. The van der Waals surface area contributed by atoms with Crippen LogP contribution in [0, 0.1) is 11.3 Å². The minimum atomic E-state index is -0.636. The molecule has 0 radical (unpaired) electrons. The minimum Gasteiger partial charge on any atom is -0.383 e. The van der Waals surface area contributed by atoms with E-state index in [1.165, 1.54) is 7.11 Å². The number of hydrogen-bond donors (Lipinski definition) is 2. The SMILES string of the molecule is COCCNC(=O)C(C)NC(=O)CC#N. The molecular weight excluding hydrogens is 198 g/mol. The van der Waals surface area contributed by atoms with Crippen molar-refractivity contribution in [2.45, 2.75) is 19.4 Å². The third-order valence-electron chi connectivity index (χ3n) is 1.62. The fourth-order valence-electron chi connectivity index (χ4n) is 0.859. The summed E-state index contributed by atoms with van der Waals surface area (Å²) >= 11 is 0. The van der Waals surface area contributed by atoms with Crippen molar-refractivity contribution in [3.63, 3.8) is 0 Å². The first-order valence-corrected chi connectivity index (χ1v) is 4.54. The average molecular weight is 213 g/mol. The summed E-state index contributed by atoms with van der Waals surface area (Å²) in [5.41, 5.74) is 0. The Morgan fingerprint density at radius 3 is 2.73 bits per heavy atom. The van der Waals surface area contributed by atoms with Crippen molar-refractivity contribution in [3.8, 4) is 6.07 Å². The van der Waals surface area contributed by atoms with Gasteiger partial charge in [0.05, 0.1) is 12.7 Å². The Hall–Kier alpha value is -1.61. The molecular formula is C9H15N3O3. The van der Waals surface area contributed by atoms with Crippen LogP contribution in [-0.2, 0) is 14.3 Å². The molecule has 0 rings (SSSR count). The lowest BCUT2D eigenvalue weighted by molar-refractivity contribution is -0.128. The number of carbonyl (C=O) groups excluding carboxylic acids is 2. The predicted molar refractivity (Wildman–Crippen MR) is 52.7 cm³/mol. The van der Waals surface area contributed by atoms with Crippen molar-refractivity contribution < 1.29 is 14.3 Å². The fourth-order valence-corrected chi connectivity index (χ4v) is 0.859. The largest absolute Gasteiger partial charge is 0.383 e. The second-order valence-corrected chi connectivity index (χ2v) is 2.91. The maximum absolute atomic E-state index is 11.3. The van der Waals surface area contributed by atoms with E-state index in [9.17, 15) is 9.59 Å². The highest BCUT2D eigenvalue weighted by molar-refractivity contribution is 5.87. The van der Waals surface area contributed by atoms with Crippen LogP contribution in [-0.4, -0.2) is 38.1 Å². The van der Waals surface area contributed by atoms with Crippen molar-refractivity contribution in [3.05, 3.63) is 0 Å². The Labute approximate surface area is 88.6 Å². The van der Waals surface area contributed by atoms with Gasteiger partial charge in [0, 0.05) is 13.7 Å². The third-order valence-corrected chi connectivity index (χ3v) is 1.62. The normalized spacial score (nSPS) is 11.3. The van der Waals surface area contributed by atoms with E-state index >= 15 is 0 Å². The first-order valence-electron chi connectivity index (χ1n) is 4.54. The van der Waals surface area contributed by atoms with Crippen LogP contribution in [0.3, 0.4) is 0 Å². The summed E-state index contributed by atoms with van der Waals surface area (Å²) in [6, 6.07) is 1.06. The van der Waals surface area contributed by atoms with Gasteiger partial charge in [-0.3, -0.25) is 9.59 Å². The van der Waals surface area contributed by atoms with E-state index in [0.717, 1.165) is 0 Å². The number of nitrogens with one attached hydrogen (secondary N) is 2. The lowest BCUT2D eigenvalue weighted by Crippen LogP contribution is -2.45. The number of nitriles is 1. The zero-order valence-corrected chi connectivity index (χ0v) is 8.87. The van der Waals surface area contributed by atoms with Gasteiger partial charge in [0.15, 0.2) is 0 Å². The average Bonchev–Trinajstić information content (AvgIpc) is 2.18. The second kappa shape index (κ2) is 7.76. The molecule has 1 atom stereocenters. The minimum absolute atomic E-state index is 0.240. The van der Waals surface area contributed by atoms with E-state index < -0.39 is 11.9 Å². The molecule has 0 aromatic heterocycles. The van der Waals surface area contributed by atoms with Crippen LogP contribution in [0.4, 0.5) is 0 Å². The van der Waals surface area contributed by atoms with E-state index in [0.29, 0.717) is 13.2 Å². The van der Waals surface area contributed by atoms with Crippen LogP contribution < -0.4 is 10.6 Å². The van der Waals surface area contributed by atoms with E-state index in [-0.39, 0.29) is 12.3 Å². The van der Waals surface area contributed by atoms with E-state index in [1.807, 2.05) is 0 Å². The number of rotatable bonds is 6. The number of nitrogens with zero attached hydrogens (tertiary/aromatic N) is 1. The number of ether oxygens (including phenoxy) is 1. The fraction of sp³-hybridized carbons (Fsp3) is 0.667. The molecule has 6 heteroatoms. The molecule has 0 aliphatic heterocycles. The van der Waals surface area contributed by atoms with Gasteiger partial charge in [0.2, 0.25) is 11.8 Å². The van der Waals surface area contributed by atoms with Crippen molar-refractivity contribution in [1.29, 1.82) is 5.26 Å². The van der Waals surface area contributed by atoms with Gasteiger partial charge in [-0.15, -0.1) is 0 Å². The molecule has 0 heterocycles. The van der Waals surface area contributed by atoms with Gasteiger partial charge in [-0.2, -0.15) is 5.26 Å². The number of carbonyl (C=O) groups is 2. The van der Waals surface area contributed by atoms with Crippen molar-refractivity contribution >= 4 is 11.8 Å². The molecule has 15 heavy (non-hydrogen) atoms. The van der Waals surface area contributed by atoms with Gasteiger partial charge < -0.3 is 15.4 Å². The highest BCUT2D eigenvalue weighted by Gasteiger charge is 2.14. The summed E-state index contributed by atoms with van der Waals surface area (Å²) < 4.78 is 4.75. The molecule has 0 spiro atoms. The summed E-state index contributed by atoms with van der Waals surface area (Å²) in [7, 11) is 1.53. The van der Waals surface area contributed by atoms with Gasteiger partial charge in [0.25, 0.3) is 0 Å².